The summed E-state index contributed by atoms with van der Waals surface area (Å²) >= 11 is 1.36. The van der Waals surface area contributed by atoms with E-state index >= 15 is 0 Å². The number of aryl methyl sites for hydroxylation is 1. The largest absolute Gasteiger partial charge is 0.342 e. The molecule has 0 aliphatic carbocycles. The highest BCUT2D eigenvalue weighted by atomic mass is 32.1. The average Bonchev–Trinajstić information content (AvgIpc) is 3.43. The first-order chi connectivity index (χ1) is 14.4. The van der Waals surface area contributed by atoms with Gasteiger partial charge < -0.3 is 9.80 Å². The molecule has 3 heterocycles. The Morgan fingerprint density at radius 3 is 2.33 bits per heavy atom. The third kappa shape index (κ3) is 4.26. The molecule has 1 aromatic carbocycles. The first kappa shape index (κ1) is 21.0. The van der Waals surface area contributed by atoms with Crippen LogP contribution in [0, 0.1) is 24.6 Å². The SMILES string of the molecule is Cc1nc(-c2ccc(F)cc2)sc1C(=O)N1CCC([C@@H](C)C(=O)N2CCCC2)CC1. The molecule has 5 nitrogen and oxygen atoms in total. The first-order valence-corrected chi connectivity index (χ1v) is 11.6. The zero-order valence-corrected chi connectivity index (χ0v) is 18.4. The van der Waals surface area contributed by atoms with Gasteiger partial charge in [-0.05, 0) is 62.8 Å². The molecule has 4 rings (SSSR count). The average molecular weight is 430 g/mol. The molecule has 2 amide bonds. The molecule has 2 aromatic rings. The molecule has 2 fully saturated rings. The van der Waals surface area contributed by atoms with Crippen molar-refractivity contribution in [1.82, 2.24) is 14.8 Å². The van der Waals surface area contributed by atoms with Crippen molar-refractivity contribution in [2.45, 2.75) is 39.5 Å². The van der Waals surface area contributed by atoms with Crippen LogP contribution in [0.5, 0.6) is 0 Å². The van der Waals surface area contributed by atoms with Crippen LogP contribution in [0.15, 0.2) is 24.3 Å². The van der Waals surface area contributed by atoms with Gasteiger partial charge in [0, 0.05) is 37.7 Å². The zero-order chi connectivity index (χ0) is 21.3. The van der Waals surface area contributed by atoms with E-state index in [0.717, 1.165) is 49.3 Å². The number of hydrogen-bond acceptors (Lipinski definition) is 4. The normalized spacial score (nSPS) is 18.6. The fourth-order valence-electron chi connectivity index (χ4n) is 4.48. The Kier molecular flexibility index (Phi) is 6.18. The maximum absolute atomic E-state index is 13.2. The molecule has 0 unspecified atom stereocenters. The van der Waals surface area contributed by atoms with Crippen molar-refractivity contribution in [2.24, 2.45) is 11.8 Å². The summed E-state index contributed by atoms with van der Waals surface area (Å²) in [7, 11) is 0. The number of halogens is 1. The molecule has 0 N–H and O–H groups in total. The number of carbonyl (C=O) groups is 2. The molecule has 0 saturated carbocycles. The van der Waals surface area contributed by atoms with E-state index < -0.39 is 0 Å². The first-order valence-electron chi connectivity index (χ1n) is 10.8. The molecule has 2 saturated heterocycles. The fraction of sp³-hybridized carbons (Fsp3) is 0.522. The van der Waals surface area contributed by atoms with E-state index in [4.69, 9.17) is 0 Å². The summed E-state index contributed by atoms with van der Waals surface area (Å²) in [6.07, 6.45) is 3.93. The third-order valence-electron chi connectivity index (χ3n) is 6.42. The van der Waals surface area contributed by atoms with Gasteiger partial charge in [0.15, 0.2) is 0 Å². The van der Waals surface area contributed by atoms with Crippen molar-refractivity contribution in [3.63, 3.8) is 0 Å². The summed E-state index contributed by atoms with van der Waals surface area (Å²) in [5.74, 6) is 0.355. The molecule has 1 atom stereocenters. The Morgan fingerprint density at radius 2 is 1.70 bits per heavy atom. The predicted octanol–water partition coefficient (Wildman–Crippen LogP) is 4.37. The maximum atomic E-state index is 13.2. The number of hydrogen-bond donors (Lipinski definition) is 0. The predicted molar refractivity (Wildman–Crippen MR) is 116 cm³/mol. The van der Waals surface area contributed by atoms with E-state index in [-0.39, 0.29) is 23.5 Å². The van der Waals surface area contributed by atoms with Crippen molar-refractivity contribution < 1.29 is 14.0 Å². The monoisotopic (exact) mass is 429 g/mol. The summed E-state index contributed by atoms with van der Waals surface area (Å²) in [5, 5.41) is 0.732. The van der Waals surface area contributed by atoms with Gasteiger partial charge in [-0.15, -0.1) is 11.3 Å². The van der Waals surface area contributed by atoms with E-state index in [1.165, 1.54) is 23.5 Å². The second-order valence-electron chi connectivity index (χ2n) is 8.39. The Balaban J connectivity index is 1.38. The minimum absolute atomic E-state index is 0.00957. The number of likely N-dealkylation sites (tertiary alicyclic amines) is 2. The second-order valence-corrected chi connectivity index (χ2v) is 9.39. The van der Waals surface area contributed by atoms with Crippen molar-refractivity contribution in [3.8, 4) is 10.6 Å². The van der Waals surface area contributed by atoms with Gasteiger partial charge in [0.2, 0.25) is 5.91 Å². The number of thiazole rings is 1. The van der Waals surface area contributed by atoms with E-state index in [9.17, 15) is 14.0 Å². The molecule has 0 radical (unpaired) electrons. The summed E-state index contributed by atoms with van der Waals surface area (Å²) < 4.78 is 13.2. The summed E-state index contributed by atoms with van der Waals surface area (Å²) in [6.45, 7) is 7.02. The topological polar surface area (TPSA) is 53.5 Å². The van der Waals surface area contributed by atoms with Crippen molar-refractivity contribution in [3.05, 3.63) is 40.7 Å². The summed E-state index contributed by atoms with van der Waals surface area (Å²) in [4.78, 5) is 34.9. The number of benzene rings is 1. The van der Waals surface area contributed by atoms with E-state index in [0.29, 0.717) is 29.6 Å². The lowest BCUT2D eigenvalue weighted by molar-refractivity contribution is -0.136. The van der Waals surface area contributed by atoms with Crippen LogP contribution in [0.1, 0.15) is 48.0 Å². The highest BCUT2D eigenvalue weighted by Gasteiger charge is 2.33. The highest BCUT2D eigenvalue weighted by molar-refractivity contribution is 7.17. The smallest absolute Gasteiger partial charge is 0.265 e. The molecule has 0 bridgehead atoms. The Morgan fingerprint density at radius 1 is 1.07 bits per heavy atom. The molecule has 160 valence electrons. The molecule has 0 spiro atoms. The Hall–Kier alpha value is -2.28. The number of carbonyl (C=O) groups excluding carboxylic acids is 2. The van der Waals surface area contributed by atoms with Gasteiger partial charge in [-0.2, -0.15) is 0 Å². The van der Waals surface area contributed by atoms with Gasteiger partial charge in [0.1, 0.15) is 15.7 Å². The van der Waals surface area contributed by atoms with Gasteiger partial charge in [-0.1, -0.05) is 6.92 Å². The van der Waals surface area contributed by atoms with E-state index in [1.54, 1.807) is 12.1 Å². The number of amides is 2. The van der Waals surface area contributed by atoms with Crippen molar-refractivity contribution in [2.75, 3.05) is 26.2 Å². The summed E-state index contributed by atoms with van der Waals surface area (Å²) in [5.41, 5.74) is 1.53. The molecule has 30 heavy (non-hydrogen) atoms. The Bertz CT molecular complexity index is 913. The quantitative estimate of drug-likeness (QED) is 0.725. The van der Waals surface area contributed by atoms with Gasteiger partial charge in [0.25, 0.3) is 5.91 Å². The fourth-order valence-corrected chi connectivity index (χ4v) is 5.52. The van der Waals surface area contributed by atoms with Crippen LogP contribution in [-0.4, -0.2) is 52.8 Å². The van der Waals surface area contributed by atoms with Gasteiger partial charge >= 0.3 is 0 Å². The van der Waals surface area contributed by atoms with Crippen LogP contribution in [0.3, 0.4) is 0 Å². The lowest BCUT2D eigenvalue weighted by atomic mass is 9.84. The lowest BCUT2D eigenvalue weighted by Gasteiger charge is -2.35. The van der Waals surface area contributed by atoms with E-state index in [1.807, 2.05) is 23.6 Å². The number of aromatic nitrogens is 1. The maximum Gasteiger partial charge on any atom is 0.265 e. The van der Waals surface area contributed by atoms with E-state index in [2.05, 4.69) is 4.98 Å². The minimum Gasteiger partial charge on any atom is -0.342 e. The van der Waals surface area contributed by atoms with Crippen LogP contribution in [0.2, 0.25) is 0 Å². The third-order valence-corrected chi connectivity index (χ3v) is 7.62. The molecular weight excluding hydrogens is 401 g/mol. The number of nitrogens with zero attached hydrogens (tertiary/aromatic N) is 3. The molecule has 2 aliphatic rings. The van der Waals surface area contributed by atoms with Crippen LogP contribution in [-0.2, 0) is 4.79 Å². The zero-order valence-electron chi connectivity index (χ0n) is 17.6. The van der Waals surface area contributed by atoms with Gasteiger partial charge in [0.05, 0.1) is 5.69 Å². The van der Waals surface area contributed by atoms with Gasteiger partial charge in [-0.25, -0.2) is 9.37 Å². The van der Waals surface area contributed by atoms with Crippen LogP contribution >= 0.6 is 11.3 Å². The van der Waals surface area contributed by atoms with Crippen LogP contribution in [0.4, 0.5) is 4.39 Å². The molecule has 1 aromatic heterocycles. The second kappa shape index (κ2) is 8.84. The van der Waals surface area contributed by atoms with Gasteiger partial charge in [-0.3, -0.25) is 9.59 Å². The number of piperidine rings is 1. The Labute approximate surface area is 180 Å². The molecule has 7 heteroatoms. The summed E-state index contributed by atoms with van der Waals surface area (Å²) in [6, 6.07) is 6.18. The standard InChI is InChI=1S/C23H28FN3O2S/c1-15(22(28)26-11-3-4-12-26)17-9-13-27(14-10-17)23(29)20-16(2)25-21(30-20)18-5-7-19(24)8-6-18/h5-8,15,17H,3-4,9-14H2,1-2H3/t15-/m1/s1. The van der Waals surface area contributed by atoms with Crippen LogP contribution in [0.25, 0.3) is 10.6 Å². The highest BCUT2D eigenvalue weighted by Crippen LogP contribution is 2.32. The minimum atomic E-state index is -0.288. The number of rotatable bonds is 4. The molecular formula is C23H28FN3O2S. The lowest BCUT2D eigenvalue weighted by Crippen LogP contribution is -2.43. The van der Waals surface area contributed by atoms with Crippen molar-refractivity contribution in [1.29, 1.82) is 0 Å². The van der Waals surface area contributed by atoms with Crippen LogP contribution < -0.4 is 0 Å². The van der Waals surface area contributed by atoms with Crippen molar-refractivity contribution >= 4 is 23.2 Å². The molecule has 2 aliphatic heterocycles.